The van der Waals surface area contributed by atoms with Gasteiger partial charge in [-0.15, -0.1) is 11.3 Å². The molecular weight excluding hydrogens is 374 g/mol. The van der Waals surface area contributed by atoms with E-state index < -0.39 is 12.1 Å². The minimum absolute atomic E-state index is 0.00693. The fourth-order valence-corrected chi connectivity index (χ4v) is 4.14. The highest BCUT2D eigenvalue weighted by molar-refractivity contribution is 7.11. The van der Waals surface area contributed by atoms with Crippen LogP contribution in [0.1, 0.15) is 48.0 Å². The molecule has 1 aliphatic rings. The number of nitrogens with one attached hydrogen (secondary N) is 1. The van der Waals surface area contributed by atoms with Crippen LogP contribution in [0.2, 0.25) is 0 Å². The first-order chi connectivity index (χ1) is 13.6. The molecule has 7 heteroatoms. The van der Waals surface area contributed by atoms with Crippen molar-refractivity contribution in [2.45, 2.75) is 51.1 Å². The fraction of sp³-hybridized carbons (Fsp3) is 0.429. The molecule has 1 fully saturated rings. The Balaban J connectivity index is 1.50. The van der Waals surface area contributed by atoms with Gasteiger partial charge < -0.3 is 10.2 Å². The Labute approximate surface area is 169 Å². The van der Waals surface area contributed by atoms with Gasteiger partial charge in [0.15, 0.2) is 5.01 Å². The summed E-state index contributed by atoms with van der Waals surface area (Å²) in [5, 5.41) is 4.87. The Morgan fingerprint density at radius 1 is 1.29 bits per heavy atom. The molecule has 1 aliphatic heterocycles. The van der Waals surface area contributed by atoms with E-state index in [4.69, 9.17) is 0 Å². The number of aryl methyl sites for hydroxylation is 1. The molecule has 2 heterocycles. The molecule has 2 amide bonds. The lowest BCUT2D eigenvalue weighted by molar-refractivity contribution is -0.138. The topological polar surface area (TPSA) is 79.4 Å². The molecule has 2 atom stereocenters. The number of Topliss-reactive ketones (excluding diaryl/α,β-unsaturated/α-hetero) is 1. The van der Waals surface area contributed by atoms with E-state index in [2.05, 4.69) is 22.4 Å². The van der Waals surface area contributed by atoms with Gasteiger partial charge in [-0.25, -0.2) is 4.98 Å². The maximum atomic E-state index is 12.7. The normalized spacial score (nSPS) is 17.3. The van der Waals surface area contributed by atoms with E-state index in [-0.39, 0.29) is 17.6 Å². The molecule has 0 bridgehead atoms. The SMILES string of the molecule is CC(NC(=O)[C@@H]1CCCN1C(=O)CCCc1ccccc1)C(=O)c1nccs1. The maximum absolute atomic E-state index is 12.7. The molecule has 28 heavy (non-hydrogen) atoms. The molecule has 0 spiro atoms. The third-order valence-electron chi connectivity index (χ3n) is 4.97. The van der Waals surface area contributed by atoms with Gasteiger partial charge in [0.1, 0.15) is 6.04 Å². The zero-order valence-corrected chi connectivity index (χ0v) is 16.8. The van der Waals surface area contributed by atoms with Crippen LogP contribution in [0.25, 0.3) is 0 Å². The van der Waals surface area contributed by atoms with Crippen molar-refractivity contribution >= 4 is 28.9 Å². The number of hydrogen-bond donors (Lipinski definition) is 1. The fourth-order valence-electron chi connectivity index (χ4n) is 3.48. The molecular formula is C21H25N3O3S. The van der Waals surface area contributed by atoms with Crippen molar-refractivity contribution < 1.29 is 14.4 Å². The van der Waals surface area contributed by atoms with Crippen LogP contribution in [0.3, 0.4) is 0 Å². The van der Waals surface area contributed by atoms with Crippen molar-refractivity contribution in [2.75, 3.05) is 6.54 Å². The number of carbonyl (C=O) groups is 3. The summed E-state index contributed by atoms with van der Waals surface area (Å²) in [4.78, 5) is 43.3. The monoisotopic (exact) mass is 399 g/mol. The van der Waals surface area contributed by atoms with Gasteiger partial charge in [-0.2, -0.15) is 0 Å². The van der Waals surface area contributed by atoms with Crippen LogP contribution < -0.4 is 5.32 Å². The van der Waals surface area contributed by atoms with Crippen LogP contribution in [0.5, 0.6) is 0 Å². The maximum Gasteiger partial charge on any atom is 0.243 e. The molecule has 1 unspecified atom stereocenters. The minimum Gasteiger partial charge on any atom is -0.344 e. The molecule has 1 aromatic carbocycles. The third-order valence-corrected chi connectivity index (χ3v) is 5.76. The van der Waals surface area contributed by atoms with Crippen LogP contribution in [0.15, 0.2) is 41.9 Å². The van der Waals surface area contributed by atoms with Crippen LogP contribution in [-0.2, 0) is 16.0 Å². The first-order valence-corrected chi connectivity index (χ1v) is 10.5. The molecule has 3 rings (SSSR count). The van der Waals surface area contributed by atoms with Crippen molar-refractivity contribution in [3.05, 3.63) is 52.5 Å². The molecule has 1 saturated heterocycles. The number of ketones is 1. The summed E-state index contributed by atoms with van der Waals surface area (Å²) in [5.74, 6) is -0.458. The highest BCUT2D eigenvalue weighted by atomic mass is 32.1. The number of likely N-dealkylation sites (tertiary alicyclic amines) is 1. The van der Waals surface area contributed by atoms with Crippen molar-refractivity contribution in [3.8, 4) is 0 Å². The summed E-state index contributed by atoms with van der Waals surface area (Å²) in [7, 11) is 0. The summed E-state index contributed by atoms with van der Waals surface area (Å²) in [5.41, 5.74) is 1.21. The Morgan fingerprint density at radius 2 is 2.07 bits per heavy atom. The molecule has 0 radical (unpaired) electrons. The predicted octanol–water partition coefficient (Wildman–Crippen LogP) is 2.84. The number of hydrogen-bond acceptors (Lipinski definition) is 5. The second kappa shape index (κ2) is 9.59. The molecule has 148 valence electrons. The quantitative estimate of drug-likeness (QED) is 0.692. The molecule has 0 aliphatic carbocycles. The second-order valence-electron chi connectivity index (χ2n) is 7.02. The first kappa shape index (κ1) is 20.2. The first-order valence-electron chi connectivity index (χ1n) is 9.63. The summed E-state index contributed by atoms with van der Waals surface area (Å²) in [6.45, 7) is 2.25. The number of thiazole rings is 1. The van der Waals surface area contributed by atoms with Crippen molar-refractivity contribution in [3.63, 3.8) is 0 Å². The number of carbonyl (C=O) groups excluding carboxylic acids is 3. The van der Waals surface area contributed by atoms with E-state index in [1.165, 1.54) is 16.9 Å². The van der Waals surface area contributed by atoms with Gasteiger partial charge in [0, 0.05) is 24.5 Å². The second-order valence-corrected chi connectivity index (χ2v) is 7.91. The Kier molecular flexibility index (Phi) is 6.92. The predicted molar refractivity (Wildman–Crippen MR) is 108 cm³/mol. The van der Waals surface area contributed by atoms with Gasteiger partial charge in [0.2, 0.25) is 17.6 Å². The van der Waals surface area contributed by atoms with Gasteiger partial charge >= 0.3 is 0 Å². The minimum atomic E-state index is -0.658. The van der Waals surface area contributed by atoms with Gasteiger partial charge in [0.05, 0.1) is 6.04 Å². The molecule has 6 nitrogen and oxygen atoms in total. The van der Waals surface area contributed by atoms with Gasteiger partial charge in [-0.05, 0) is 38.2 Å². The standard InChI is InChI=1S/C21H25N3O3S/c1-15(19(26)21-22-12-14-28-21)23-20(27)17-10-6-13-24(17)18(25)11-5-9-16-7-3-2-4-8-16/h2-4,7-8,12,14-15,17H,5-6,9-11,13H2,1H3,(H,23,27)/t15?,17-/m0/s1. The lowest BCUT2D eigenvalue weighted by Gasteiger charge is -2.25. The average molecular weight is 400 g/mol. The smallest absolute Gasteiger partial charge is 0.243 e. The molecule has 0 saturated carbocycles. The van der Waals surface area contributed by atoms with Crippen LogP contribution >= 0.6 is 11.3 Å². The van der Waals surface area contributed by atoms with Crippen molar-refractivity contribution in [1.82, 2.24) is 15.2 Å². The van der Waals surface area contributed by atoms with E-state index in [0.29, 0.717) is 24.4 Å². The summed E-state index contributed by atoms with van der Waals surface area (Å²) >= 11 is 1.25. The van der Waals surface area contributed by atoms with Crippen molar-refractivity contribution in [2.24, 2.45) is 0 Å². The van der Waals surface area contributed by atoms with Gasteiger partial charge in [-0.1, -0.05) is 30.3 Å². The number of aromatic nitrogens is 1. The molecule has 2 aromatic rings. The number of amides is 2. The van der Waals surface area contributed by atoms with Gasteiger partial charge in [0.25, 0.3) is 0 Å². The Bertz CT molecular complexity index is 808. The average Bonchev–Trinajstić information content (AvgIpc) is 3.40. The zero-order chi connectivity index (χ0) is 19.9. The van der Waals surface area contributed by atoms with Crippen LogP contribution in [-0.4, -0.2) is 46.1 Å². The van der Waals surface area contributed by atoms with Crippen LogP contribution in [0.4, 0.5) is 0 Å². The van der Waals surface area contributed by atoms with Crippen molar-refractivity contribution in [1.29, 1.82) is 0 Å². The van der Waals surface area contributed by atoms with E-state index in [0.717, 1.165) is 19.3 Å². The Morgan fingerprint density at radius 3 is 2.79 bits per heavy atom. The van der Waals surface area contributed by atoms with E-state index >= 15 is 0 Å². The molecule has 1 aromatic heterocycles. The van der Waals surface area contributed by atoms with Gasteiger partial charge in [-0.3, -0.25) is 14.4 Å². The van der Waals surface area contributed by atoms with E-state index in [1.54, 1.807) is 23.4 Å². The molecule has 1 N–H and O–H groups in total. The van der Waals surface area contributed by atoms with Crippen LogP contribution in [0, 0.1) is 0 Å². The highest BCUT2D eigenvalue weighted by Gasteiger charge is 2.35. The number of benzene rings is 1. The number of nitrogens with zero attached hydrogens (tertiary/aromatic N) is 2. The third kappa shape index (κ3) is 5.04. The largest absolute Gasteiger partial charge is 0.344 e. The lowest BCUT2D eigenvalue weighted by Crippen LogP contribution is -2.50. The van der Waals surface area contributed by atoms with E-state index in [1.807, 2.05) is 18.2 Å². The summed E-state index contributed by atoms with van der Waals surface area (Å²) in [6, 6.07) is 8.92. The zero-order valence-electron chi connectivity index (χ0n) is 16.0. The lowest BCUT2D eigenvalue weighted by atomic mass is 10.1. The highest BCUT2D eigenvalue weighted by Crippen LogP contribution is 2.20. The summed E-state index contributed by atoms with van der Waals surface area (Å²) < 4.78 is 0. The van der Waals surface area contributed by atoms with E-state index in [9.17, 15) is 14.4 Å². The number of rotatable bonds is 8. The summed E-state index contributed by atoms with van der Waals surface area (Å²) in [6.07, 6.45) is 5.03. The Hall–Kier alpha value is -2.54.